The molecule has 4 bridgehead atoms. The molecule has 0 saturated heterocycles. The smallest absolute Gasteiger partial charge is 0.0311 e. The van der Waals surface area contributed by atoms with Gasteiger partial charge in [-0.3, -0.25) is 9.97 Å². The van der Waals surface area contributed by atoms with Gasteiger partial charge in [0, 0.05) is 47.8 Å². The fourth-order valence-corrected chi connectivity index (χ4v) is 4.61. The van der Waals surface area contributed by atoms with Crippen LogP contribution in [0.2, 0.25) is 0 Å². The Balaban J connectivity index is 1.93. The van der Waals surface area contributed by atoms with Crippen molar-refractivity contribution >= 4 is 23.5 Å². The third-order valence-corrected chi connectivity index (χ3v) is 5.94. The lowest BCUT2D eigenvalue weighted by molar-refractivity contribution is 1.11. The van der Waals surface area contributed by atoms with Gasteiger partial charge in [0.05, 0.1) is 0 Å². The predicted octanol–water partition coefficient (Wildman–Crippen LogP) is 4.27. The van der Waals surface area contributed by atoms with Crippen LogP contribution in [-0.2, 0) is 23.0 Å². The number of fused-ring (bicyclic) bond motifs is 4. The third kappa shape index (κ3) is 2.86. The average Bonchev–Trinajstić information content (AvgIpc) is 2.45. The number of thioether (sulfide) groups is 2. The summed E-state index contributed by atoms with van der Waals surface area (Å²) in [5, 5.41) is 0. The lowest BCUT2D eigenvalue weighted by Crippen LogP contribution is -2.00. The summed E-state index contributed by atoms with van der Waals surface area (Å²) in [6, 6.07) is 0. The summed E-state index contributed by atoms with van der Waals surface area (Å²) in [7, 11) is 0. The monoisotopic (exact) mass is 302 g/mol. The van der Waals surface area contributed by atoms with E-state index in [2.05, 4.69) is 23.8 Å². The fourth-order valence-electron chi connectivity index (χ4n) is 2.36. The molecule has 0 unspecified atom stereocenters. The molecule has 0 saturated carbocycles. The Labute approximate surface area is 128 Å². The van der Waals surface area contributed by atoms with E-state index < -0.39 is 0 Å². The molecular formula is C16H18N2S2. The van der Waals surface area contributed by atoms with Crippen LogP contribution in [0.5, 0.6) is 0 Å². The molecule has 3 rings (SSSR count). The first-order valence-electron chi connectivity index (χ1n) is 6.76. The van der Waals surface area contributed by atoms with E-state index in [4.69, 9.17) is 0 Å². The minimum Gasteiger partial charge on any atom is -0.264 e. The van der Waals surface area contributed by atoms with Crippen LogP contribution in [0.4, 0.5) is 0 Å². The van der Waals surface area contributed by atoms with Crippen molar-refractivity contribution in [1.29, 1.82) is 0 Å². The molecule has 1 aliphatic rings. The number of pyridine rings is 2. The Morgan fingerprint density at radius 2 is 0.950 bits per heavy atom. The highest BCUT2D eigenvalue weighted by Gasteiger charge is 2.10. The van der Waals surface area contributed by atoms with E-state index in [0.717, 1.165) is 23.0 Å². The first-order chi connectivity index (χ1) is 9.75. The molecule has 0 spiro atoms. The number of rotatable bonds is 0. The van der Waals surface area contributed by atoms with Gasteiger partial charge in [-0.2, -0.15) is 23.5 Å². The Morgan fingerprint density at radius 3 is 1.25 bits per heavy atom. The summed E-state index contributed by atoms with van der Waals surface area (Å²) in [5.41, 5.74) is 8.31. The molecule has 20 heavy (non-hydrogen) atoms. The minimum absolute atomic E-state index is 1.03. The van der Waals surface area contributed by atoms with E-state index in [1.54, 1.807) is 0 Å². The molecule has 0 aromatic carbocycles. The van der Waals surface area contributed by atoms with E-state index in [1.807, 2.05) is 48.3 Å². The van der Waals surface area contributed by atoms with E-state index in [0.29, 0.717) is 0 Å². The topological polar surface area (TPSA) is 25.8 Å². The quantitative estimate of drug-likeness (QED) is 0.725. The van der Waals surface area contributed by atoms with Gasteiger partial charge in [-0.1, -0.05) is 0 Å². The van der Waals surface area contributed by atoms with Gasteiger partial charge in [0.25, 0.3) is 0 Å². The van der Waals surface area contributed by atoms with Gasteiger partial charge in [0.1, 0.15) is 0 Å². The van der Waals surface area contributed by atoms with Crippen LogP contribution in [0.1, 0.15) is 33.4 Å². The number of nitrogens with zero attached hydrogens (tertiary/aromatic N) is 2. The molecule has 0 amide bonds. The number of aromatic nitrogens is 2. The summed E-state index contributed by atoms with van der Waals surface area (Å²) in [4.78, 5) is 8.81. The van der Waals surface area contributed by atoms with E-state index in [1.165, 1.54) is 33.4 Å². The Hall–Kier alpha value is -1.00. The second kappa shape index (κ2) is 6.19. The van der Waals surface area contributed by atoms with Gasteiger partial charge < -0.3 is 0 Å². The van der Waals surface area contributed by atoms with Crippen molar-refractivity contribution in [1.82, 2.24) is 9.97 Å². The normalized spacial score (nSPS) is 15.3. The Bertz CT molecular complexity index is 526. The Morgan fingerprint density at radius 1 is 0.650 bits per heavy atom. The third-order valence-electron chi connectivity index (χ3n) is 3.88. The lowest BCUT2D eigenvalue weighted by Gasteiger charge is -2.15. The average molecular weight is 302 g/mol. The first-order valence-corrected chi connectivity index (χ1v) is 9.07. The highest BCUT2D eigenvalue weighted by molar-refractivity contribution is 7.98. The SMILES string of the molecule is Cc1c2cncc1CSCc1cncc(c1C)CSC2. The maximum Gasteiger partial charge on any atom is 0.0311 e. The van der Waals surface area contributed by atoms with Crippen molar-refractivity contribution < 1.29 is 0 Å². The summed E-state index contributed by atoms with van der Waals surface area (Å²) < 4.78 is 0. The van der Waals surface area contributed by atoms with E-state index >= 15 is 0 Å². The van der Waals surface area contributed by atoms with Gasteiger partial charge in [0.15, 0.2) is 0 Å². The lowest BCUT2D eigenvalue weighted by atomic mass is 10.1. The highest BCUT2D eigenvalue weighted by atomic mass is 32.2. The van der Waals surface area contributed by atoms with Gasteiger partial charge in [-0.15, -0.1) is 0 Å². The van der Waals surface area contributed by atoms with Gasteiger partial charge >= 0.3 is 0 Å². The number of hydrogen-bond donors (Lipinski definition) is 0. The molecule has 0 fully saturated rings. The molecule has 0 radical (unpaired) electrons. The zero-order valence-electron chi connectivity index (χ0n) is 11.8. The molecule has 4 heteroatoms. The van der Waals surface area contributed by atoms with Gasteiger partial charge in [-0.05, 0) is 47.2 Å². The maximum absolute atomic E-state index is 4.40. The molecule has 2 aromatic rings. The van der Waals surface area contributed by atoms with Crippen LogP contribution in [0, 0.1) is 13.8 Å². The van der Waals surface area contributed by atoms with Crippen molar-refractivity contribution in [3.63, 3.8) is 0 Å². The van der Waals surface area contributed by atoms with Crippen molar-refractivity contribution in [2.75, 3.05) is 0 Å². The van der Waals surface area contributed by atoms with Crippen LogP contribution in [0.25, 0.3) is 0 Å². The molecule has 0 N–H and O–H groups in total. The number of hydrogen-bond acceptors (Lipinski definition) is 4. The summed E-state index contributed by atoms with van der Waals surface area (Å²) in [6.45, 7) is 4.45. The summed E-state index contributed by atoms with van der Waals surface area (Å²) in [6.07, 6.45) is 8.07. The minimum atomic E-state index is 1.03. The van der Waals surface area contributed by atoms with Gasteiger partial charge in [0.2, 0.25) is 0 Å². The summed E-state index contributed by atoms with van der Waals surface area (Å²) in [5.74, 6) is 4.12. The van der Waals surface area contributed by atoms with Crippen molar-refractivity contribution in [2.24, 2.45) is 0 Å². The standard InChI is InChI=1S/C16H18N2S2/c1-11-13-3-17-4-14(11)8-20-10-16-6-18-5-15(12(16)2)9-19-7-13/h3-6H,7-10H2,1-2H3. The van der Waals surface area contributed by atoms with Gasteiger partial charge in [-0.25, -0.2) is 0 Å². The largest absolute Gasteiger partial charge is 0.264 e. The second-order valence-corrected chi connectivity index (χ2v) is 7.12. The van der Waals surface area contributed by atoms with Crippen LogP contribution in [-0.4, -0.2) is 9.97 Å². The molecule has 104 valence electrons. The van der Waals surface area contributed by atoms with E-state index in [-0.39, 0.29) is 0 Å². The fraction of sp³-hybridized carbons (Fsp3) is 0.375. The van der Waals surface area contributed by atoms with Crippen molar-refractivity contribution in [3.05, 3.63) is 58.2 Å². The molecule has 2 nitrogen and oxygen atoms in total. The zero-order chi connectivity index (χ0) is 13.9. The van der Waals surface area contributed by atoms with Crippen LogP contribution < -0.4 is 0 Å². The molecule has 1 aliphatic heterocycles. The highest BCUT2D eigenvalue weighted by Crippen LogP contribution is 2.28. The Kier molecular flexibility index (Phi) is 4.32. The first kappa shape index (κ1) is 14.0. The zero-order valence-corrected chi connectivity index (χ0v) is 13.5. The summed E-state index contributed by atoms with van der Waals surface area (Å²) >= 11 is 3.91. The molecule has 0 atom stereocenters. The maximum atomic E-state index is 4.40. The van der Waals surface area contributed by atoms with Crippen molar-refractivity contribution in [3.8, 4) is 0 Å². The predicted molar refractivity (Wildman–Crippen MR) is 87.9 cm³/mol. The van der Waals surface area contributed by atoms with Crippen LogP contribution >= 0.6 is 23.5 Å². The molecule has 2 aromatic heterocycles. The van der Waals surface area contributed by atoms with Crippen molar-refractivity contribution in [2.45, 2.75) is 36.9 Å². The van der Waals surface area contributed by atoms with Crippen LogP contribution in [0.15, 0.2) is 24.8 Å². The van der Waals surface area contributed by atoms with Crippen LogP contribution in [0.3, 0.4) is 0 Å². The second-order valence-electron chi connectivity index (χ2n) is 5.15. The van der Waals surface area contributed by atoms with E-state index in [9.17, 15) is 0 Å². The molecule has 0 aliphatic carbocycles. The molecular weight excluding hydrogens is 284 g/mol. The molecule has 3 heterocycles.